The molecule has 0 radical (unpaired) electrons. The zero-order chi connectivity index (χ0) is 40.8. The summed E-state index contributed by atoms with van der Waals surface area (Å²) in [6.45, 7) is 3.30. The maximum Gasteiger partial charge on any atom is 0.415 e. The van der Waals surface area contributed by atoms with Crippen molar-refractivity contribution in [3.63, 3.8) is 0 Å². The first kappa shape index (κ1) is 37.5. The van der Waals surface area contributed by atoms with Gasteiger partial charge in [-0.25, -0.2) is 14.6 Å². The number of hydrogen-bond donors (Lipinski definition) is 3. The second-order valence-electron chi connectivity index (χ2n) is 14.5. The maximum absolute atomic E-state index is 12.4. The first-order valence-corrected chi connectivity index (χ1v) is 19.1. The summed E-state index contributed by atoms with van der Waals surface area (Å²) in [7, 11) is 0. The van der Waals surface area contributed by atoms with E-state index in [0.717, 1.165) is 57.6 Å². The van der Waals surface area contributed by atoms with Gasteiger partial charge in [0.1, 0.15) is 31.1 Å². The van der Waals surface area contributed by atoms with Crippen LogP contribution in [-0.4, -0.2) is 94.5 Å². The lowest BCUT2D eigenvalue weighted by molar-refractivity contribution is -0.119. The van der Waals surface area contributed by atoms with Crippen LogP contribution < -0.4 is 15.1 Å². The fourth-order valence-corrected chi connectivity index (χ4v) is 7.99. The summed E-state index contributed by atoms with van der Waals surface area (Å²) in [5.74, 6) is 0.961. The first-order valence-electron chi connectivity index (χ1n) is 19.1. The van der Waals surface area contributed by atoms with Gasteiger partial charge in [-0.2, -0.15) is 0 Å². The molecule has 59 heavy (non-hydrogen) atoms. The van der Waals surface area contributed by atoms with Gasteiger partial charge in [0.05, 0.1) is 35.7 Å². The Labute approximate surface area is 336 Å². The van der Waals surface area contributed by atoms with Crippen molar-refractivity contribution in [2.24, 2.45) is 0 Å². The molecule has 6 aromatic rings. The summed E-state index contributed by atoms with van der Waals surface area (Å²) in [5.41, 5.74) is 9.15. The third-order valence-electron chi connectivity index (χ3n) is 10.9. The highest BCUT2D eigenvalue weighted by Gasteiger charge is 2.48. The number of carbonyl (C=O) groups is 3. The molecule has 4 aliphatic heterocycles. The van der Waals surface area contributed by atoms with Gasteiger partial charge in [-0.15, -0.1) is 15.0 Å². The number of carbonyl (C=O) groups excluding carboxylic acids is 3. The number of ether oxygens (including phenoxy) is 2. The Balaban J connectivity index is 0.000000153. The zero-order valence-corrected chi connectivity index (χ0v) is 31.9. The third-order valence-corrected chi connectivity index (χ3v) is 10.9. The van der Waals surface area contributed by atoms with Crippen LogP contribution in [0.5, 0.6) is 0 Å². The molecule has 4 aromatic heterocycles. The van der Waals surface area contributed by atoms with Gasteiger partial charge in [-0.1, -0.05) is 30.3 Å². The second-order valence-corrected chi connectivity index (χ2v) is 14.5. The predicted molar refractivity (Wildman–Crippen MR) is 209 cm³/mol. The highest BCUT2D eigenvalue weighted by atomic mass is 16.6. The average molecular weight is 799 g/mol. The molecule has 10 rings (SSSR count). The van der Waals surface area contributed by atoms with E-state index in [0.29, 0.717) is 35.9 Å². The van der Waals surface area contributed by atoms with Crippen molar-refractivity contribution in [3.05, 3.63) is 102 Å². The molecule has 8 heterocycles. The fraction of sp³-hybridized carbons (Fsp3) is 0.293. The number of nitrogens with zero attached hydrogens (tertiary/aromatic N) is 9. The van der Waals surface area contributed by atoms with Crippen LogP contribution in [0.3, 0.4) is 0 Å². The van der Waals surface area contributed by atoms with E-state index in [9.17, 15) is 14.4 Å². The van der Waals surface area contributed by atoms with Crippen LogP contribution in [0.2, 0.25) is 0 Å². The minimum atomic E-state index is -0.388. The number of fused-ring (bicyclic) bond motifs is 6. The van der Waals surface area contributed by atoms with E-state index >= 15 is 0 Å². The summed E-state index contributed by atoms with van der Waals surface area (Å²) in [6.07, 6.45) is 4.72. The number of tetrazole rings is 1. The minimum absolute atomic E-state index is 0.0458. The summed E-state index contributed by atoms with van der Waals surface area (Å²) in [5, 5.41) is 36.4. The average Bonchev–Trinajstić information content (AvgIpc) is 4.12. The molecule has 3 N–H and O–H groups in total. The molecule has 300 valence electrons. The van der Waals surface area contributed by atoms with Crippen LogP contribution in [0.15, 0.2) is 83.6 Å². The smallest absolute Gasteiger partial charge is 0.415 e. The van der Waals surface area contributed by atoms with E-state index in [-0.39, 0.29) is 61.4 Å². The number of nitrogens with one attached hydrogen (secondary N) is 1. The number of pyridine rings is 2. The molecule has 4 aliphatic rings. The van der Waals surface area contributed by atoms with E-state index in [4.69, 9.17) is 24.2 Å². The lowest BCUT2D eigenvalue weighted by atomic mass is 10.00. The van der Waals surface area contributed by atoms with Gasteiger partial charge in [0.25, 0.3) is 0 Å². The van der Waals surface area contributed by atoms with Gasteiger partial charge in [0.2, 0.25) is 11.7 Å². The highest BCUT2D eigenvalue weighted by molar-refractivity contribution is 5.95. The van der Waals surface area contributed by atoms with Crippen LogP contribution >= 0.6 is 0 Å². The number of hydrogen-bond acceptors (Lipinski definition) is 14. The topological polar surface area (TPSA) is 224 Å². The predicted octanol–water partition coefficient (Wildman–Crippen LogP) is 4.16. The number of aromatic nitrogens is 7. The van der Waals surface area contributed by atoms with Crippen LogP contribution in [0.4, 0.5) is 21.0 Å². The van der Waals surface area contributed by atoms with Crippen molar-refractivity contribution in [2.75, 3.05) is 16.3 Å². The van der Waals surface area contributed by atoms with E-state index in [1.807, 2.05) is 55.5 Å². The van der Waals surface area contributed by atoms with Crippen molar-refractivity contribution in [1.29, 1.82) is 0 Å². The van der Waals surface area contributed by atoms with Crippen LogP contribution in [0, 0.1) is 0 Å². The number of benzene rings is 2. The lowest BCUT2D eigenvalue weighted by Crippen LogP contribution is -2.40. The van der Waals surface area contributed by atoms with Gasteiger partial charge in [-0.3, -0.25) is 19.6 Å². The Hall–Kier alpha value is -7.05. The summed E-state index contributed by atoms with van der Waals surface area (Å²) < 4.78 is 15.9. The molecule has 0 saturated carbocycles. The molecule has 18 heteroatoms. The summed E-state index contributed by atoms with van der Waals surface area (Å²) in [4.78, 5) is 49.4. The van der Waals surface area contributed by atoms with Crippen molar-refractivity contribution in [1.82, 2.24) is 40.6 Å². The van der Waals surface area contributed by atoms with E-state index in [1.165, 1.54) is 11.7 Å². The molecule has 0 unspecified atom stereocenters. The van der Waals surface area contributed by atoms with Gasteiger partial charge in [0, 0.05) is 36.5 Å². The summed E-state index contributed by atoms with van der Waals surface area (Å²) >= 11 is 0. The van der Waals surface area contributed by atoms with E-state index in [2.05, 4.69) is 41.9 Å². The van der Waals surface area contributed by atoms with Crippen LogP contribution in [0.1, 0.15) is 43.0 Å². The molecule has 4 atom stereocenters. The Morgan fingerprint density at radius 3 is 1.95 bits per heavy atom. The van der Waals surface area contributed by atoms with Crippen LogP contribution in [0.25, 0.3) is 39.5 Å². The van der Waals surface area contributed by atoms with Crippen molar-refractivity contribution in [2.45, 2.75) is 70.6 Å². The number of amides is 3. The SMILES string of the molecule is CC(=O)NC[C@@H]1OC(=O)N2c3ccc(-c4ccc(-n5nnc(CO)n5)nc4)cc3C[C@@H]12.CC[C@@H]1OC(=O)N2c3ccc(-c4ccc(-c5cc(CO)on5)nc4)cc3C[C@@H]12. The number of cyclic esters (lactones) is 2. The van der Waals surface area contributed by atoms with Crippen molar-refractivity contribution < 1.29 is 38.6 Å². The Morgan fingerprint density at radius 1 is 0.780 bits per heavy atom. The van der Waals surface area contributed by atoms with Gasteiger partial charge in [-0.05, 0) is 89.2 Å². The third kappa shape index (κ3) is 7.01. The van der Waals surface area contributed by atoms with E-state index < -0.39 is 0 Å². The molecule has 2 aromatic carbocycles. The molecular formula is C41H38N10O8. The molecular weight excluding hydrogens is 761 g/mol. The number of aliphatic hydroxyl groups excluding tert-OH is 2. The number of rotatable bonds is 9. The van der Waals surface area contributed by atoms with Crippen LogP contribution in [-0.2, 0) is 40.3 Å². The fourth-order valence-electron chi connectivity index (χ4n) is 7.99. The monoisotopic (exact) mass is 798 g/mol. The summed E-state index contributed by atoms with van der Waals surface area (Å²) in [6, 6.07) is 21.2. The lowest BCUT2D eigenvalue weighted by Gasteiger charge is -2.16. The standard InChI is InChI=1S/C21H19N3O4.C20H19N7O4/c1-2-20-19-8-14-7-12(4-6-18(14)24(19)21(26)27-20)13-3-5-16(22-10-13)17-9-15(11-25)28-23-17;1-11(29)21-9-17-16-7-14-6-12(2-4-15(14)26(16)20(30)31-17)13-3-5-19(22-8-13)27-24-18(10-28)23-25-27/h3-7,9-10,19-20,25H,2,8,11H2,1H3;2-6,8,16-17,28H,7,9-10H2,1H3,(H,21,29)/t19-,20-;16-,17-/m00/s1. The van der Waals surface area contributed by atoms with Crippen molar-refractivity contribution in [3.8, 4) is 39.5 Å². The Morgan fingerprint density at radius 2 is 1.41 bits per heavy atom. The molecule has 0 bridgehead atoms. The van der Waals surface area contributed by atoms with E-state index in [1.54, 1.807) is 34.3 Å². The van der Waals surface area contributed by atoms with Gasteiger partial charge < -0.3 is 29.5 Å². The van der Waals surface area contributed by atoms with Gasteiger partial charge in [0.15, 0.2) is 11.6 Å². The molecule has 18 nitrogen and oxygen atoms in total. The quantitative estimate of drug-likeness (QED) is 0.187. The largest absolute Gasteiger partial charge is 0.444 e. The molecule has 2 fully saturated rings. The molecule has 2 saturated heterocycles. The molecule has 3 amide bonds. The molecule has 0 spiro atoms. The Kier molecular flexibility index (Phi) is 9.77. The zero-order valence-electron chi connectivity index (χ0n) is 31.9. The molecule has 0 aliphatic carbocycles. The van der Waals surface area contributed by atoms with Gasteiger partial charge >= 0.3 is 12.2 Å². The highest BCUT2D eigenvalue weighted by Crippen LogP contribution is 2.42. The number of anilines is 2. The maximum atomic E-state index is 12.4. The Bertz CT molecular complexity index is 2560. The minimum Gasteiger partial charge on any atom is -0.444 e. The van der Waals surface area contributed by atoms with Crippen molar-refractivity contribution >= 4 is 29.5 Å². The normalized spacial score (nSPS) is 19.7. The second kappa shape index (κ2) is 15.4. The first-order chi connectivity index (χ1) is 28.7. The number of aliphatic hydroxyl groups is 2.